The minimum atomic E-state index is -0.100. The second-order valence-corrected chi connectivity index (χ2v) is 7.20. The zero-order valence-electron chi connectivity index (χ0n) is 14.8. The van der Waals surface area contributed by atoms with Crippen LogP contribution in [0.2, 0.25) is 0 Å². The third kappa shape index (κ3) is 3.98. The summed E-state index contributed by atoms with van der Waals surface area (Å²) in [6.07, 6.45) is 7.06. The molecule has 0 bridgehead atoms. The van der Waals surface area contributed by atoms with Gasteiger partial charge in [0.15, 0.2) is 10.8 Å². The van der Waals surface area contributed by atoms with Crippen LogP contribution in [0.3, 0.4) is 0 Å². The van der Waals surface area contributed by atoms with Gasteiger partial charge in [-0.15, -0.1) is 11.3 Å². The Hall–Kier alpha value is -3.19. The van der Waals surface area contributed by atoms with Crippen molar-refractivity contribution in [2.24, 2.45) is 0 Å². The van der Waals surface area contributed by atoms with Crippen LogP contribution in [0, 0.1) is 6.92 Å². The first-order chi connectivity index (χ1) is 13.2. The van der Waals surface area contributed by atoms with Crippen molar-refractivity contribution in [3.63, 3.8) is 0 Å². The standard InChI is InChI=1S/C20H18N4O2S/c1-14-18(27-20(23-14)17-3-2-10-26-17)11-22-19(25)16-6-4-15(5-7-16)12-24-9-8-21-13-24/h2-10,13H,11-12H2,1H3,(H,22,25). The summed E-state index contributed by atoms with van der Waals surface area (Å²) in [6, 6.07) is 11.3. The molecule has 4 rings (SSSR count). The van der Waals surface area contributed by atoms with Gasteiger partial charge in [0.1, 0.15) is 0 Å². The maximum Gasteiger partial charge on any atom is 0.251 e. The van der Waals surface area contributed by atoms with Gasteiger partial charge in [0.05, 0.1) is 24.8 Å². The van der Waals surface area contributed by atoms with Crippen molar-refractivity contribution in [3.8, 4) is 10.8 Å². The number of furan rings is 1. The summed E-state index contributed by atoms with van der Waals surface area (Å²) < 4.78 is 7.37. The lowest BCUT2D eigenvalue weighted by molar-refractivity contribution is 0.0951. The molecule has 0 aliphatic rings. The maximum absolute atomic E-state index is 12.4. The number of benzene rings is 1. The molecule has 0 atom stereocenters. The Morgan fingerprint density at radius 2 is 2.11 bits per heavy atom. The largest absolute Gasteiger partial charge is 0.462 e. The minimum Gasteiger partial charge on any atom is -0.462 e. The summed E-state index contributed by atoms with van der Waals surface area (Å²) in [6.45, 7) is 3.12. The number of aryl methyl sites for hydroxylation is 1. The number of nitrogens with one attached hydrogen (secondary N) is 1. The van der Waals surface area contributed by atoms with Crippen molar-refractivity contribution < 1.29 is 9.21 Å². The molecular formula is C20H18N4O2S. The van der Waals surface area contributed by atoms with E-state index in [0.29, 0.717) is 12.1 Å². The average molecular weight is 378 g/mol. The number of carbonyl (C=O) groups is 1. The molecular weight excluding hydrogens is 360 g/mol. The molecule has 0 unspecified atom stereocenters. The number of aromatic nitrogens is 3. The van der Waals surface area contributed by atoms with E-state index in [1.54, 1.807) is 18.8 Å². The van der Waals surface area contributed by atoms with Gasteiger partial charge >= 0.3 is 0 Å². The highest BCUT2D eigenvalue weighted by atomic mass is 32.1. The van der Waals surface area contributed by atoms with E-state index >= 15 is 0 Å². The van der Waals surface area contributed by atoms with Gasteiger partial charge in [0.25, 0.3) is 5.91 Å². The van der Waals surface area contributed by atoms with E-state index in [-0.39, 0.29) is 5.91 Å². The molecule has 0 saturated carbocycles. The number of carbonyl (C=O) groups excluding carboxylic acids is 1. The quantitative estimate of drug-likeness (QED) is 0.552. The highest BCUT2D eigenvalue weighted by molar-refractivity contribution is 7.15. The summed E-state index contributed by atoms with van der Waals surface area (Å²) in [7, 11) is 0. The second-order valence-electron chi connectivity index (χ2n) is 6.12. The molecule has 4 aromatic rings. The third-order valence-electron chi connectivity index (χ3n) is 4.17. The summed E-state index contributed by atoms with van der Waals surface area (Å²) in [5.41, 5.74) is 2.66. The molecule has 3 aromatic heterocycles. The minimum absolute atomic E-state index is 0.100. The van der Waals surface area contributed by atoms with E-state index in [2.05, 4.69) is 15.3 Å². The van der Waals surface area contributed by atoms with E-state index < -0.39 is 0 Å². The molecule has 1 N–H and O–H groups in total. The van der Waals surface area contributed by atoms with Gasteiger partial charge in [-0.2, -0.15) is 0 Å². The fourth-order valence-corrected chi connectivity index (χ4v) is 3.68. The lowest BCUT2D eigenvalue weighted by Gasteiger charge is -2.06. The Bertz CT molecular complexity index is 1020. The molecule has 0 aliphatic carbocycles. The normalized spacial score (nSPS) is 10.9. The topological polar surface area (TPSA) is 73.0 Å². The van der Waals surface area contributed by atoms with Crippen LogP contribution < -0.4 is 5.32 Å². The van der Waals surface area contributed by atoms with E-state index in [4.69, 9.17) is 4.42 Å². The molecule has 0 radical (unpaired) electrons. The molecule has 1 aromatic carbocycles. The zero-order chi connectivity index (χ0) is 18.6. The van der Waals surface area contributed by atoms with Crippen LogP contribution in [0.5, 0.6) is 0 Å². The van der Waals surface area contributed by atoms with E-state index in [9.17, 15) is 4.79 Å². The molecule has 0 saturated heterocycles. The monoisotopic (exact) mass is 378 g/mol. The number of hydrogen-bond donors (Lipinski definition) is 1. The van der Waals surface area contributed by atoms with Gasteiger partial charge in [-0.3, -0.25) is 4.79 Å². The molecule has 1 amide bonds. The number of hydrogen-bond acceptors (Lipinski definition) is 5. The number of amides is 1. The van der Waals surface area contributed by atoms with Crippen LogP contribution in [-0.2, 0) is 13.1 Å². The lowest BCUT2D eigenvalue weighted by atomic mass is 10.1. The van der Waals surface area contributed by atoms with Crippen LogP contribution in [0.25, 0.3) is 10.8 Å². The summed E-state index contributed by atoms with van der Waals surface area (Å²) in [5.74, 6) is 0.644. The first-order valence-corrected chi connectivity index (χ1v) is 9.34. The molecule has 0 fully saturated rings. The van der Waals surface area contributed by atoms with Gasteiger partial charge in [-0.25, -0.2) is 9.97 Å². The first kappa shape index (κ1) is 17.2. The van der Waals surface area contributed by atoms with Crippen molar-refractivity contribution in [1.29, 1.82) is 0 Å². The predicted molar refractivity (Wildman–Crippen MR) is 103 cm³/mol. The molecule has 3 heterocycles. The van der Waals surface area contributed by atoms with Gasteiger partial charge in [-0.1, -0.05) is 12.1 Å². The van der Waals surface area contributed by atoms with Crippen molar-refractivity contribution in [3.05, 3.63) is 83.1 Å². The highest BCUT2D eigenvalue weighted by Gasteiger charge is 2.13. The summed E-state index contributed by atoms with van der Waals surface area (Å²) in [5, 5.41) is 3.79. The average Bonchev–Trinajstić information content (AvgIpc) is 3.43. The molecule has 136 valence electrons. The van der Waals surface area contributed by atoms with Crippen LogP contribution in [0.15, 0.2) is 65.8 Å². The Labute approximate surface area is 160 Å². The zero-order valence-corrected chi connectivity index (χ0v) is 15.6. The Morgan fingerprint density at radius 1 is 1.26 bits per heavy atom. The Kier molecular flexibility index (Phi) is 4.84. The van der Waals surface area contributed by atoms with Crippen LogP contribution >= 0.6 is 11.3 Å². The molecule has 27 heavy (non-hydrogen) atoms. The highest BCUT2D eigenvalue weighted by Crippen LogP contribution is 2.28. The number of nitrogens with zero attached hydrogens (tertiary/aromatic N) is 3. The van der Waals surface area contributed by atoms with Crippen molar-refractivity contribution in [2.45, 2.75) is 20.0 Å². The van der Waals surface area contributed by atoms with Gasteiger partial charge in [0, 0.05) is 29.4 Å². The summed E-state index contributed by atoms with van der Waals surface area (Å²) in [4.78, 5) is 22.0. The molecule has 0 spiro atoms. The van der Waals surface area contributed by atoms with Gasteiger partial charge in [0.2, 0.25) is 0 Å². The second kappa shape index (κ2) is 7.59. The number of rotatable bonds is 6. The van der Waals surface area contributed by atoms with Crippen LogP contribution in [-0.4, -0.2) is 20.4 Å². The van der Waals surface area contributed by atoms with Crippen molar-refractivity contribution >= 4 is 17.2 Å². The van der Waals surface area contributed by atoms with Gasteiger partial charge < -0.3 is 14.3 Å². The van der Waals surface area contributed by atoms with Gasteiger partial charge in [-0.05, 0) is 36.8 Å². The van der Waals surface area contributed by atoms with E-state index in [1.807, 2.05) is 54.1 Å². The lowest BCUT2D eigenvalue weighted by Crippen LogP contribution is -2.22. The SMILES string of the molecule is Cc1nc(-c2ccco2)sc1CNC(=O)c1ccc(Cn2ccnc2)cc1. The van der Waals surface area contributed by atoms with Crippen molar-refractivity contribution in [2.75, 3.05) is 0 Å². The fraction of sp³-hybridized carbons (Fsp3) is 0.150. The van der Waals surface area contributed by atoms with E-state index in [0.717, 1.165) is 33.4 Å². The third-order valence-corrected chi connectivity index (χ3v) is 5.35. The van der Waals surface area contributed by atoms with E-state index in [1.165, 1.54) is 11.3 Å². The van der Waals surface area contributed by atoms with Crippen molar-refractivity contribution in [1.82, 2.24) is 19.9 Å². The fourth-order valence-electron chi connectivity index (χ4n) is 2.71. The number of thiazole rings is 1. The molecule has 7 heteroatoms. The molecule has 6 nitrogen and oxygen atoms in total. The Balaban J connectivity index is 1.38. The molecule has 0 aliphatic heterocycles. The number of imidazole rings is 1. The smallest absolute Gasteiger partial charge is 0.251 e. The van der Waals surface area contributed by atoms with Crippen LogP contribution in [0.1, 0.15) is 26.5 Å². The van der Waals surface area contributed by atoms with Crippen LogP contribution in [0.4, 0.5) is 0 Å². The Morgan fingerprint density at radius 3 is 2.81 bits per heavy atom. The predicted octanol–water partition coefficient (Wildman–Crippen LogP) is 3.89. The first-order valence-electron chi connectivity index (χ1n) is 8.52. The maximum atomic E-state index is 12.4. The summed E-state index contributed by atoms with van der Waals surface area (Å²) >= 11 is 1.53.